The fraction of sp³-hybridized carbons (Fsp3) is 0.667. The molecule has 0 aromatic rings. The van der Waals surface area contributed by atoms with E-state index >= 15 is 0 Å². The molecule has 0 spiro atoms. The van der Waals surface area contributed by atoms with Crippen LogP contribution in [0, 0.1) is 0 Å². The van der Waals surface area contributed by atoms with Crippen LogP contribution in [0.1, 0.15) is 19.3 Å². The molecule has 1 fully saturated rings. The number of nitrogens with zero attached hydrogens (tertiary/aromatic N) is 2. The molecule has 1 heterocycles. The van der Waals surface area contributed by atoms with E-state index in [1.54, 1.807) is 0 Å². The molecule has 0 aliphatic carbocycles. The highest BCUT2D eigenvalue weighted by Gasteiger charge is 2.34. The Balaban J connectivity index is 2.70. The van der Waals surface area contributed by atoms with Gasteiger partial charge in [-0.15, -0.1) is 0 Å². The lowest BCUT2D eigenvalue weighted by Crippen LogP contribution is -2.52. The fourth-order valence-electron chi connectivity index (χ4n) is 1.92. The molecule has 0 saturated carbocycles. The summed E-state index contributed by atoms with van der Waals surface area (Å²) in [7, 11) is 2.95. The summed E-state index contributed by atoms with van der Waals surface area (Å²) >= 11 is 0. The third-order valence-electron chi connectivity index (χ3n) is 2.93. The van der Waals surface area contributed by atoms with Gasteiger partial charge in [-0.1, -0.05) is 12.7 Å². The Bertz CT molecular complexity index is 319. The molecule has 0 radical (unpaired) electrons. The zero-order chi connectivity index (χ0) is 13.5. The van der Waals surface area contributed by atoms with Crippen molar-refractivity contribution >= 4 is 12.0 Å². The minimum Gasteiger partial charge on any atom is -0.445 e. The second kappa shape index (κ2) is 7.00. The Morgan fingerprint density at radius 1 is 1.50 bits per heavy atom. The molecular formula is C12H20N2O4. The summed E-state index contributed by atoms with van der Waals surface area (Å²) in [6.07, 6.45) is 3.45. The summed E-state index contributed by atoms with van der Waals surface area (Å²) in [6, 6.07) is -0.499. The first-order chi connectivity index (χ1) is 8.61. The van der Waals surface area contributed by atoms with E-state index in [9.17, 15) is 9.59 Å². The maximum atomic E-state index is 12.0. The normalized spacial score (nSPS) is 19.2. The van der Waals surface area contributed by atoms with Crippen molar-refractivity contribution in [3.05, 3.63) is 12.7 Å². The van der Waals surface area contributed by atoms with Gasteiger partial charge < -0.3 is 4.74 Å². The van der Waals surface area contributed by atoms with Gasteiger partial charge in [-0.2, -0.15) is 0 Å². The molecule has 0 aromatic heterocycles. The van der Waals surface area contributed by atoms with Crippen LogP contribution in [0.3, 0.4) is 0 Å². The lowest BCUT2D eigenvalue weighted by molar-refractivity contribution is -0.175. The molecule has 0 aromatic carbocycles. The van der Waals surface area contributed by atoms with E-state index in [4.69, 9.17) is 9.57 Å². The van der Waals surface area contributed by atoms with Gasteiger partial charge in [-0.25, -0.2) is 9.86 Å². The van der Waals surface area contributed by atoms with Crippen molar-refractivity contribution in [2.24, 2.45) is 0 Å². The molecule has 102 valence electrons. The molecule has 6 heteroatoms. The molecule has 1 rings (SSSR count). The molecule has 0 N–H and O–H groups in total. The topological polar surface area (TPSA) is 59.1 Å². The SMILES string of the molecule is C=CCOC(=O)N1CCCC[C@@H]1C(=O)N(C)OC. The highest BCUT2D eigenvalue weighted by Crippen LogP contribution is 2.19. The van der Waals surface area contributed by atoms with Crippen LogP contribution >= 0.6 is 0 Å². The number of amides is 2. The predicted octanol–water partition coefficient (Wildman–Crippen LogP) is 1.18. The number of likely N-dealkylation sites (N-methyl/N-ethyl adjacent to an activating group) is 1. The quantitative estimate of drug-likeness (QED) is 0.560. The number of hydrogen-bond donors (Lipinski definition) is 0. The molecule has 0 bridgehead atoms. The summed E-state index contributed by atoms with van der Waals surface area (Å²) in [5, 5.41) is 1.14. The average molecular weight is 256 g/mol. The monoisotopic (exact) mass is 256 g/mol. The van der Waals surface area contributed by atoms with Crippen molar-refractivity contribution in [3.8, 4) is 0 Å². The zero-order valence-corrected chi connectivity index (χ0v) is 10.9. The van der Waals surface area contributed by atoms with E-state index in [1.807, 2.05) is 0 Å². The van der Waals surface area contributed by atoms with Gasteiger partial charge in [0, 0.05) is 13.6 Å². The van der Waals surface area contributed by atoms with Gasteiger partial charge in [0.1, 0.15) is 12.6 Å². The van der Waals surface area contributed by atoms with Gasteiger partial charge >= 0.3 is 6.09 Å². The summed E-state index contributed by atoms with van der Waals surface area (Å²) in [5.41, 5.74) is 0. The van der Waals surface area contributed by atoms with E-state index in [0.717, 1.165) is 17.9 Å². The fourth-order valence-corrected chi connectivity index (χ4v) is 1.92. The summed E-state index contributed by atoms with van der Waals surface area (Å²) in [4.78, 5) is 30.2. The van der Waals surface area contributed by atoms with E-state index in [-0.39, 0.29) is 12.5 Å². The summed E-state index contributed by atoms with van der Waals surface area (Å²) in [5.74, 6) is -0.229. The van der Waals surface area contributed by atoms with Crippen LogP contribution in [0.5, 0.6) is 0 Å². The van der Waals surface area contributed by atoms with Crippen LogP contribution in [0.25, 0.3) is 0 Å². The Labute approximate surface area is 107 Å². The first-order valence-corrected chi connectivity index (χ1v) is 5.97. The lowest BCUT2D eigenvalue weighted by Gasteiger charge is -2.35. The Morgan fingerprint density at radius 3 is 2.83 bits per heavy atom. The first kappa shape index (κ1) is 14.5. The van der Waals surface area contributed by atoms with Crippen molar-refractivity contribution in [1.29, 1.82) is 0 Å². The average Bonchev–Trinajstić information content (AvgIpc) is 2.43. The Morgan fingerprint density at radius 2 is 2.22 bits per heavy atom. The zero-order valence-electron chi connectivity index (χ0n) is 10.9. The van der Waals surface area contributed by atoms with Crippen LogP contribution in [-0.2, 0) is 14.4 Å². The van der Waals surface area contributed by atoms with Crippen LogP contribution in [-0.4, -0.2) is 55.3 Å². The maximum Gasteiger partial charge on any atom is 0.410 e. The van der Waals surface area contributed by atoms with Crippen LogP contribution in [0.2, 0.25) is 0 Å². The van der Waals surface area contributed by atoms with Crippen molar-refractivity contribution in [3.63, 3.8) is 0 Å². The number of hydroxylamine groups is 2. The van der Waals surface area contributed by atoms with Crippen molar-refractivity contribution < 1.29 is 19.2 Å². The van der Waals surface area contributed by atoms with Gasteiger partial charge in [0.2, 0.25) is 0 Å². The molecular weight excluding hydrogens is 236 g/mol. The van der Waals surface area contributed by atoms with Gasteiger partial charge in [0.15, 0.2) is 0 Å². The smallest absolute Gasteiger partial charge is 0.410 e. The molecule has 18 heavy (non-hydrogen) atoms. The summed E-state index contributed by atoms with van der Waals surface area (Å²) < 4.78 is 4.98. The highest BCUT2D eigenvalue weighted by molar-refractivity contribution is 5.85. The van der Waals surface area contributed by atoms with Gasteiger partial charge in [0.05, 0.1) is 7.11 Å². The standard InChI is InChI=1S/C12H20N2O4/c1-4-9-18-12(16)14-8-6-5-7-10(14)11(15)13(2)17-3/h4,10H,1,5-9H2,2-3H3/t10-/m1/s1. The van der Waals surface area contributed by atoms with E-state index in [1.165, 1.54) is 25.1 Å². The van der Waals surface area contributed by atoms with Crippen LogP contribution in [0.4, 0.5) is 4.79 Å². The lowest BCUT2D eigenvalue weighted by atomic mass is 10.0. The van der Waals surface area contributed by atoms with Crippen LogP contribution in [0.15, 0.2) is 12.7 Å². The number of rotatable bonds is 4. The molecule has 1 aliphatic rings. The van der Waals surface area contributed by atoms with E-state index < -0.39 is 12.1 Å². The minimum atomic E-state index is -0.499. The third kappa shape index (κ3) is 3.46. The minimum absolute atomic E-state index is 0.149. The van der Waals surface area contributed by atoms with Crippen molar-refractivity contribution in [1.82, 2.24) is 9.96 Å². The summed E-state index contributed by atoms with van der Waals surface area (Å²) in [6.45, 7) is 4.16. The van der Waals surface area contributed by atoms with E-state index in [0.29, 0.717) is 13.0 Å². The number of carbonyl (C=O) groups is 2. The van der Waals surface area contributed by atoms with Crippen molar-refractivity contribution in [2.45, 2.75) is 25.3 Å². The van der Waals surface area contributed by atoms with E-state index in [2.05, 4.69) is 6.58 Å². The van der Waals surface area contributed by atoms with Gasteiger partial charge in [-0.3, -0.25) is 14.5 Å². The largest absolute Gasteiger partial charge is 0.445 e. The number of piperidine rings is 1. The first-order valence-electron chi connectivity index (χ1n) is 5.97. The second-order valence-electron chi connectivity index (χ2n) is 4.09. The Kier molecular flexibility index (Phi) is 5.64. The van der Waals surface area contributed by atoms with Gasteiger partial charge in [0.25, 0.3) is 5.91 Å². The molecule has 1 aliphatic heterocycles. The van der Waals surface area contributed by atoms with Crippen LogP contribution < -0.4 is 0 Å². The molecule has 6 nitrogen and oxygen atoms in total. The Hall–Kier alpha value is -1.56. The maximum absolute atomic E-state index is 12.0. The highest BCUT2D eigenvalue weighted by atomic mass is 16.7. The van der Waals surface area contributed by atoms with Crippen molar-refractivity contribution in [2.75, 3.05) is 27.3 Å². The molecule has 2 amide bonds. The molecule has 1 saturated heterocycles. The molecule has 1 atom stereocenters. The number of ether oxygens (including phenoxy) is 1. The number of likely N-dealkylation sites (tertiary alicyclic amines) is 1. The second-order valence-corrected chi connectivity index (χ2v) is 4.09. The number of hydrogen-bond acceptors (Lipinski definition) is 4. The predicted molar refractivity (Wildman–Crippen MR) is 65.7 cm³/mol. The number of carbonyl (C=O) groups excluding carboxylic acids is 2. The van der Waals surface area contributed by atoms with Gasteiger partial charge in [-0.05, 0) is 19.3 Å². The third-order valence-corrected chi connectivity index (χ3v) is 2.93. The molecule has 0 unspecified atom stereocenters.